The zero-order chi connectivity index (χ0) is 15.9. The lowest BCUT2D eigenvalue weighted by atomic mass is 10.1. The summed E-state index contributed by atoms with van der Waals surface area (Å²) >= 11 is 0. The van der Waals surface area contributed by atoms with Crippen LogP contribution in [0.25, 0.3) is 0 Å². The van der Waals surface area contributed by atoms with Crippen molar-refractivity contribution in [2.45, 2.75) is 6.04 Å². The smallest absolute Gasteiger partial charge is 0.287 e. The van der Waals surface area contributed by atoms with Gasteiger partial charge in [-0.15, -0.1) is 0 Å². The van der Waals surface area contributed by atoms with E-state index in [4.69, 9.17) is 4.42 Å². The third kappa shape index (κ3) is 3.95. The van der Waals surface area contributed by atoms with Crippen LogP contribution in [0.5, 0.6) is 0 Å². The van der Waals surface area contributed by atoms with Crippen LogP contribution in [-0.4, -0.2) is 41.7 Å². The van der Waals surface area contributed by atoms with E-state index in [1.165, 1.54) is 6.26 Å². The average molecular weight is 305 g/mol. The van der Waals surface area contributed by atoms with Gasteiger partial charge in [0.2, 0.25) is 5.91 Å². The molecular weight excluding hydrogens is 286 g/mol. The molecule has 8 heteroatoms. The highest BCUT2D eigenvalue weighted by molar-refractivity contribution is 5.91. The number of carbonyl (C=O) groups is 2. The molecule has 0 saturated heterocycles. The van der Waals surface area contributed by atoms with Gasteiger partial charge in [0.05, 0.1) is 12.5 Å². The molecule has 0 aliphatic heterocycles. The first-order chi connectivity index (χ1) is 10.6. The van der Waals surface area contributed by atoms with E-state index >= 15 is 0 Å². The minimum absolute atomic E-state index is 0.178. The van der Waals surface area contributed by atoms with Crippen LogP contribution in [0.3, 0.4) is 0 Å². The first kappa shape index (κ1) is 15.8. The van der Waals surface area contributed by atoms with Gasteiger partial charge in [0.1, 0.15) is 6.04 Å². The second-order valence-corrected chi connectivity index (χ2v) is 4.69. The van der Waals surface area contributed by atoms with Crippen LogP contribution in [0.4, 0.5) is 0 Å². The molecule has 0 radical (unpaired) electrons. The van der Waals surface area contributed by atoms with E-state index in [0.29, 0.717) is 13.1 Å². The lowest BCUT2D eigenvalue weighted by molar-refractivity contribution is -0.123. The Morgan fingerprint density at radius 3 is 2.73 bits per heavy atom. The number of aromatic nitrogens is 2. The molecule has 2 amide bonds. The number of hydrogen-bond acceptors (Lipinski definition) is 5. The topological polar surface area (TPSA) is 101 Å². The summed E-state index contributed by atoms with van der Waals surface area (Å²) in [6, 6.07) is 2.74. The molecule has 2 rings (SSSR count). The van der Waals surface area contributed by atoms with E-state index in [1.807, 2.05) is 0 Å². The lowest BCUT2D eigenvalue weighted by Crippen LogP contribution is -2.40. The molecule has 0 fully saturated rings. The maximum atomic E-state index is 12.1. The molecule has 22 heavy (non-hydrogen) atoms. The maximum Gasteiger partial charge on any atom is 0.287 e. The van der Waals surface area contributed by atoms with Crippen molar-refractivity contribution >= 4 is 11.8 Å². The van der Waals surface area contributed by atoms with E-state index in [0.717, 1.165) is 5.56 Å². The van der Waals surface area contributed by atoms with Crippen LogP contribution in [0.15, 0.2) is 35.2 Å². The van der Waals surface area contributed by atoms with Gasteiger partial charge >= 0.3 is 0 Å². The number of furan rings is 1. The fourth-order valence-corrected chi connectivity index (χ4v) is 2.00. The largest absolute Gasteiger partial charge is 0.459 e. The minimum atomic E-state index is -0.477. The summed E-state index contributed by atoms with van der Waals surface area (Å²) in [7, 11) is 3.49. The number of nitrogens with zero attached hydrogens (tertiary/aromatic N) is 2. The van der Waals surface area contributed by atoms with Gasteiger partial charge in [-0.25, -0.2) is 0 Å². The first-order valence-corrected chi connectivity index (χ1v) is 6.87. The van der Waals surface area contributed by atoms with Gasteiger partial charge in [-0.2, -0.15) is 5.10 Å². The van der Waals surface area contributed by atoms with Gasteiger partial charge in [0, 0.05) is 31.9 Å². The third-order valence-electron chi connectivity index (χ3n) is 3.06. The Bertz CT molecular complexity index is 620. The molecule has 1 unspecified atom stereocenters. The summed E-state index contributed by atoms with van der Waals surface area (Å²) in [6.07, 6.45) is 4.85. The third-order valence-corrected chi connectivity index (χ3v) is 3.06. The molecule has 0 aromatic carbocycles. The van der Waals surface area contributed by atoms with Gasteiger partial charge in [-0.05, 0) is 19.2 Å². The van der Waals surface area contributed by atoms with Crippen molar-refractivity contribution in [3.05, 3.63) is 42.1 Å². The van der Waals surface area contributed by atoms with Crippen molar-refractivity contribution in [2.75, 3.05) is 20.1 Å². The van der Waals surface area contributed by atoms with Gasteiger partial charge in [-0.1, -0.05) is 0 Å². The summed E-state index contributed by atoms with van der Waals surface area (Å²) in [4.78, 5) is 23.7. The SMILES string of the molecule is CNC(C(=O)NCCNC(=O)c1ccco1)c1cnn(C)c1. The quantitative estimate of drug-likeness (QED) is 0.616. The number of hydrogen-bond donors (Lipinski definition) is 3. The highest BCUT2D eigenvalue weighted by Crippen LogP contribution is 2.10. The summed E-state index contributed by atoms with van der Waals surface area (Å²) in [5.41, 5.74) is 0.780. The Morgan fingerprint density at radius 2 is 2.14 bits per heavy atom. The maximum absolute atomic E-state index is 12.1. The Hall–Kier alpha value is -2.61. The van der Waals surface area contributed by atoms with Crippen molar-refractivity contribution in [2.24, 2.45) is 7.05 Å². The fourth-order valence-electron chi connectivity index (χ4n) is 2.00. The predicted molar refractivity (Wildman–Crippen MR) is 79.1 cm³/mol. The average Bonchev–Trinajstić information content (AvgIpc) is 3.16. The summed E-state index contributed by atoms with van der Waals surface area (Å²) in [5, 5.41) is 12.4. The molecule has 3 N–H and O–H groups in total. The molecule has 2 heterocycles. The number of likely N-dealkylation sites (N-methyl/N-ethyl adjacent to an activating group) is 1. The Morgan fingerprint density at radius 1 is 1.36 bits per heavy atom. The van der Waals surface area contributed by atoms with E-state index in [1.54, 1.807) is 43.3 Å². The lowest BCUT2D eigenvalue weighted by Gasteiger charge is -2.14. The van der Waals surface area contributed by atoms with Crippen molar-refractivity contribution in [1.82, 2.24) is 25.7 Å². The van der Waals surface area contributed by atoms with Crippen LogP contribution < -0.4 is 16.0 Å². The van der Waals surface area contributed by atoms with E-state index in [9.17, 15) is 9.59 Å². The number of nitrogens with one attached hydrogen (secondary N) is 3. The minimum Gasteiger partial charge on any atom is -0.459 e. The fraction of sp³-hybridized carbons (Fsp3) is 0.357. The van der Waals surface area contributed by atoms with Crippen LogP contribution >= 0.6 is 0 Å². The number of amides is 2. The first-order valence-electron chi connectivity index (χ1n) is 6.87. The summed E-state index contributed by atoms with van der Waals surface area (Å²) < 4.78 is 6.61. The molecule has 0 aliphatic carbocycles. The summed E-state index contributed by atoms with van der Waals surface area (Å²) in [5.74, 6) is -0.241. The molecule has 0 saturated carbocycles. The number of aryl methyl sites for hydroxylation is 1. The molecule has 0 spiro atoms. The van der Waals surface area contributed by atoms with Gasteiger partial charge in [0.25, 0.3) is 5.91 Å². The normalized spacial score (nSPS) is 11.9. The molecule has 1 atom stereocenters. The van der Waals surface area contributed by atoms with Crippen LogP contribution in [-0.2, 0) is 11.8 Å². The van der Waals surface area contributed by atoms with Crippen LogP contribution in [0, 0.1) is 0 Å². The Kier molecular flexibility index (Phi) is 5.31. The molecular formula is C14H19N5O3. The number of rotatable bonds is 7. The molecule has 0 aliphatic rings. The zero-order valence-corrected chi connectivity index (χ0v) is 12.5. The van der Waals surface area contributed by atoms with E-state index in [-0.39, 0.29) is 17.6 Å². The molecule has 2 aromatic rings. The standard InChI is InChI=1S/C14H19N5O3/c1-15-12(10-8-18-19(2)9-10)14(21)17-6-5-16-13(20)11-4-3-7-22-11/h3-4,7-9,12,15H,5-6H2,1-2H3,(H,16,20)(H,17,21). The highest BCUT2D eigenvalue weighted by atomic mass is 16.3. The second kappa shape index (κ2) is 7.41. The second-order valence-electron chi connectivity index (χ2n) is 4.69. The highest BCUT2D eigenvalue weighted by Gasteiger charge is 2.19. The van der Waals surface area contributed by atoms with E-state index < -0.39 is 6.04 Å². The van der Waals surface area contributed by atoms with Gasteiger partial charge < -0.3 is 20.4 Å². The predicted octanol–water partition coefficient (Wildman–Crippen LogP) is -0.180. The van der Waals surface area contributed by atoms with Gasteiger partial charge in [0.15, 0.2) is 5.76 Å². The zero-order valence-electron chi connectivity index (χ0n) is 12.5. The summed E-state index contributed by atoms with van der Waals surface area (Å²) in [6.45, 7) is 0.637. The van der Waals surface area contributed by atoms with Crippen molar-refractivity contribution in [3.63, 3.8) is 0 Å². The molecule has 2 aromatic heterocycles. The van der Waals surface area contributed by atoms with Crippen LogP contribution in [0.2, 0.25) is 0 Å². The Balaban J connectivity index is 1.76. The molecule has 118 valence electrons. The Labute approximate surface area is 127 Å². The van der Waals surface area contributed by atoms with Crippen molar-refractivity contribution in [1.29, 1.82) is 0 Å². The van der Waals surface area contributed by atoms with Gasteiger partial charge in [-0.3, -0.25) is 14.3 Å². The van der Waals surface area contributed by atoms with E-state index in [2.05, 4.69) is 21.0 Å². The van der Waals surface area contributed by atoms with Crippen molar-refractivity contribution in [3.8, 4) is 0 Å². The van der Waals surface area contributed by atoms with Crippen LogP contribution in [0.1, 0.15) is 22.2 Å². The molecule has 0 bridgehead atoms. The number of carbonyl (C=O) groups excluding carboxylic acids is 2. The van der Waals surface area contributed by atoms with Crippen molar-refractivity contribution < 1.29 is 14.0 Å². The monoisotopic (exact) mass is 305 g/mol. The molecule has 8 nitrogen and oxygen atoms in total.